The molecule has 0 spiro atoms. The number of Topliss-reactive ketones (excluding diaryl/α,β-unsaturated/α-hetero) is 1. The molecule has 0 fully saturated rings. The number of methoxy groups -OCH3 is 1. The molecule has 7 heteroatoms. The maximum atomic E-state index is 12.1. The normalized spacial score (nSPS) is 10.9. The number of esters is 1. The first kappa shape index (κ1) is 14.0. The molecule has 0 amide bonds. The van der Waals surface area contributed by atoms with Gasteiger partial charge in [0.05, 0.1) is 7.11 Å². The minimum absolute atomic E-state index is 0.0370. The zero-order valence-electron chi connectivity index (χ0n) is 9.50. The van der Waals surface area contributed by atoms with Crippen molar-refractivity contribution >= 4 is 11.8 Å². The molecule has 1 rings (SSSR count). The molecule has 1 aromatic carbocycles. The van der Waals surface area contributed by atoms with Gasteiger partial charge in [-0.15, -0.1) is 0 Å². The van der Waals surface area contributed by atoms with Crippen LogP contribution in [0.5, 0.6) is 11.5 Å². The van der Waals surface area contributed by atoms with Crippen LogP contribution in [0.3, 0.4) is 0 Å². The van der Waals surface area contributed by atoms with Gasteiger partial charge < -0.3 is 9.47 Å². The van der Waals surface area contributed by atoms with E-state index >= 15 is 0 Å². The number of ketones is 1. The lowest BCUT2D eigenvalue weighted by Crippen LogP contribution is -2.28. The summed E-state index contributed by atoms with van der Waals surface area (Å²) in [6.07, 6.45) is -5.13. The van der Waals surface area contributed by atoms with Gasteiger partial charge in [-0.05, 0) is 19.1 Å². The summed E-state index contributed by atoms with van der Waals surface area (Å²) in [5.41, 5.74) is -0.211. The molecule has 0 unspecified atom stereocenters. The number of benzene rings is 1. The van der Waals surface area contributed by atoms with Crippen LogP contribution in [0.15, 0.2) is 18.2 Å². The van der Waals surface area contributed by atoms with Gasteiger partial charge in [0, 0.05) is 0 Å². The van der Waals surface area contributed by atoms with Gasteiger partial charge >= 0.3 is 12.1 Å². The maximum absolute atomic E-state index is 12.1. The molecule has 4 nitrogen and oxygen atoms in total. The van der Waals surface area contributed by atoms with Crippen LogP contribution in [0.4, 0.5) is 13.2 Å². The zero-order valence-corrected chi connectivity index (χ0v) is 9.50. The highest BCUT2D eigenvalue weighted by atomic mass is 19.4. The lowest BCUT2D eigenvalue weighted by Gasteiger charge is -2.12. The number of alkyl halides is 3. The zero-order chi connectivity index (χ0) is 13.9. The van der Waals surface area contributed by atoms with E-state index in [-0.39, 0.29) is 11.3 Å². The van der Waals surface area contributed by atoms with E-state index in [1.807, 2.05) is 0 Å². The molecular weight excluding hydrogens is 253 g/mol. The average Bonchev–Trinajstić information content (AvgIpc) is 2.26. The molecule has 0 radical (unpaired) electrons. The van der Waals surface area contributed by atoms with Gasteiger partial charge in [0.2, 0.25) is 0 Å². The summed E-state index contributed by atoms with van der Waals surface area (Å²) < 4.78 is 45.1. The van der Waals surface area contributed by atoms with E-state index < -0.39 is 23.7 Å². The summed E-state index contributed by atoms with van der Waals surface area (Å²) in [5.74, 6) is -3.41. The average molecular weight is 262 g/mol. The van der Waals surface area contributed by atoms with Crippen molar-refractivity contribution in [3.63, 3.8) is 0 Å². The molecule has 0 aliphatic rings. The van der Waals surface area contributed by atoms with Crippen LogP contribution in [0.2, 0.25) is 0 Å². The van der Waals surface area contributed by atoms with E-state index in [0.717, 1.165) is 13.0 Å². The van der Waals surface area contributed by atoms with E-state index in [9.17, 15) is 22.8 Å². The monoisotopic (exact) mass is 262 g/mol. The maximum Gasteiger partial charge on any atom is 0.491 e. The fourth-order valence-electron chi connectivity index (χ4n) is 1.27. The number of halogens is 3. The molecule has 0 N–H and O–H groups in total. The highest BCUT2D eigenvalue weighted by Crippen LogP contribution is 2.30. The van der Waals surface area contributed by atoms with Crippen LogP contribution in [-0.4, -0.2) is 25.0 Å². The first-order valence-corrected chi connectivity index (χ1v) is 4.74. The summed E-state index contributed by atoms with van der Waals surface area (Å²) >= 11 is 0. The van der Waals surface area contributed by atoms with E-state index in [1.165, 1.54) is 19.2 Å². The van der Waals surface area contributed by atoms with E-state index in [0.29, 0.717) is 0 Å². The van der Waals surface area contributed by atoms with Crippen LogP contribution < -0.4 is 9.47 Å². The largest absolute Gasteiger partial charge is 0.496 e. The Bertz CT molecular complexity index is 480. The number of carbonyl (C=O) groups is 2. The van der Waals surface area contributed by atoms with Crippen molar-refractivity contribution < 1.29 is 32.2 Å². The highest BCUT2D eigenvalue weighted by molar-refractivity contribution is 6.00. The second-order valence-electron chi connectivity index (χ2n) is 3.28. The van der Waals surface area contributed by atoms with E-state index in [4.69, 9.17) is 4.74 Å². The Morgan fingerprint density at radius 2 is 1.72 bits per heavy atom. The van der Waals surface area contributed by atoms with Crippen LogP contribution >= 0.6 is 0 Å². The molecule has 0 aliphatic heterocycles. The minimum Gasteiger partial charge on any atom is -0.496 e. The number of hydrogen-bond donors (Lipinski definition) is 0. The molecule has 0 saturated carbocycles. The van der Waals surface area contributed by atoms with Gasteiger partial charge in [0.1, 0.15) is 17.1 Å². The van der Waals surface area contributed by atoms with E-state index in [2.05, 4.69) is 4.74 Å². The summed E-state index contributed by atoms with van der Waals surface area (Å²) in [5, 5.41) is 0. The Morgan fingerprint density at radius 1 is 1.17 bits per heavy atom. The van der Waals surface area contributed by atoms with Crippen LogP contribution in [0, 0.1) is 0 Å². The Hall–Kier alpha value is -2.05. The highest BCUT2D eigenvalue weighted by Gasteiger charge is 2.42. The molecule has 0 heterocycles. The SMILES string of the molecule is COc1cccc(OC(=O)C(F)(F)F)c1C(C)=O. The fourth-order valence-corrected chi connectivity index (χ4v) is 1.27. The third-order valence-corrected chi connectivity index (χ3v) is 1.99. The van der Waals surface area contributed by atoms with Crippen LogP contribution in [-0.2, 0) is 4.79 Å². The number of rotatable bonds is 3. The van der Waals surface area contributed by atoms with Gasteiger partial charge in [-0.25, -0.2) is 4.79 Å². The van der Waals surface area contributed by atoms with Gasteiger partial charge in [0.15, 0.2) is 5.78 Å². The van der Waals surface area contributed by atoms with Gasteiger partial charge in [-0.2, -0.15) is 13.2 Å². The second kappa shape index (κ2) is 5.07. The second-order valence-corrected chi connectivity index (χ2v) is 3.28. The molecule has 98 valence electrons. The van der Waals surface area contributed by atoms with Gasteiger partial charge in [-0.3, -0.25) is 4.79 Å². The van der Waals surface area contributed by atoms with Crippen molar-refractivity contribution in [2.45, 2.75) is 13.1 Å². The van der Waals surface area contributed by atoms with Crippen molar-refractivity contribution in [2.75, 3.05) is 7.11 Å². The van der Waals surface area contributed by atoms with Crippen LogP contribution in [0.25, 0.3) is 0 Å². The van der Waals surface area contributed by atoms with E-state index in [1.54, 1.807) is 0 Å². The summed E-state index contributed by atoms with van der Waals surface area (Å²) in [6, 6.07) is 3.77. The third kappa shape index (κ3) is 2.99. The summed E-state index contributed by atoms with van der Waals surface area (Å²) in [6.45, 7) is 1.13. The Labute approximate surface area is 100 Å². The molecule has 0 saturated heterocycles. The molecule has 0 aromatic heterocycles. The predicted molar refractivity (Wildman–Crippen MR) is 54.7 cm³/mol. The lowest BCUT2D eigenvalue weighted by molar-refractivity contribution is -0.189. The third-order valence-electron chi connectivity index (χ3n) is 1.99. The van der Waals surface area contributed by atoms with Crippen molar-refractivity contribution in [3.05, 3.63) is 23.8 Å². The Balaban J connectivity index is 3.17. The minimum atomic E-state index is -5.13. The van der Waals surface area contributed by atoms with Crippen molar-refractivity contribution in [2.24, 2.45) is 0 Å². The first-order valence-electron chi connectivity index (χ1n) is 4.74. The standard InChI is InChI=1S/C11H9F3O4/c1-6(15)9-7(17-2)4-3-5-8(9)18-10(16)11(12,13)14/h3-5H,1-2H3. The first-order chi connectivity index (χ1) is 8.27. The molecule has 0 atom stereocenters. The number of ether oxygens (including phenoxy) is 2. The quantitative estimate of drug-likeness (QED) is 0.476. The van der Waals surface area contributed by atoms with Crippen molar-refractivity contribution in [1.82, 2.24) is 0 Å². The molecular formula is C11H9F3O4. The fraction of sp³-hybridized carbons (Fsp3) is 0.273. The number of carbonyl (C=O) groups excluding carboxylic acids is 2. The Morgan fingerprint density at radius 3 is 2.17 bits per heavy atom. The topological polar surface area (TPSA) is 52.6 Å². The van der Waals surface area contributed by atoms with Crippen molar-refractivity contribution in [1.29, 1.82) is 0 Å². The predicted octanol–water partition coefficient (Wildman–Crippen LogP) is 2.37. The van der Waals surface area contributed by atoms with Gasteiger partial charge in [-0.1, -0.05) is 6.07 Å². The Kier molecular flexibility index (Phi) is 3.95. The smallest absolute Gasteiger partial charge is 0.491 e. The van der Waals surface area contributed by atoms with Crippen LogP contribution in [0.1, 0.15) is 17.3 Å². The summed E-state index contributed by atoms with van der Waals surface area (Å²) in [7, 11) is 1.25. The lowest BCUT2D eigenvalue weighted by atomic mass is 10.1. The molecule has 0 bridgehead atoms. The summed E-state index contributed by atoms with van der Waals surface area (Å²) in [4.78, 5) is 22.0. The number of hydrogen-bond acceptors (Lipinski definition) is 4. The van der Waals surface area contributed by atoms with Crippen molar-refractivity contribution in [3.8, 4) is 11.5 Å². The van der Waals surface area contributed by atoms with Gasteiger partial charge in [0.25, 0.3) is 0 Å². The molecule has 0 aliphatic carbocycles. The molecule has 18 heavy (non-hydrogen) atoms. The molecule has 1 aromatic rings.